The minimum atomic E-state index is -0.270. The van der Waals surface area contributed by atoms with Crippen LogP contribution in [0, 0.1) is 6.92 Å². The fourth-order valence-electron chi connectivity index (χ4n) is 3.85. The molecule has 1 aromatic heterocycles. The van der Waals surface area contributed by atoms with E-state index < -0.39 is 0 Å². The predicted octanol–water partition coefficient (Wildman–Crippen LogP) is 3.54. The van der Waals surface area contributed by atoms with Crippen molar-refractivity contribution in [3.8, 4) is 5.75 Å². The molecule has 0 bridgehead atoms. The maximum Gasteiger partial charge on any atom is 0.340 e. The second-order valence-corrected chi connectivity index (χ2v) is 7.02. The molecule has 148 valence electrons. The van der Waals surface area contributed by atoms with Gasteiger partial charge in [0.1, 0.15) is 12.5 Å². The second-order valence-electron chi connectivity index (χ2n) is 7.02. The molecule has 0 atom stereocenters. The van der Waals surface area contributed by atoms with E-state index in [0.717, 1.165) is 67.1 Å². The fraction of sp³-hybridized carbons (Fsp3) is 0.571. The maximum absolute atomic E-state index is 12.5. The van der Waals surface area contributed by atoms with Gasteiger partial charge in [-0.2, -0.15) is 0 Å². The highest BCUT2D eigenvalue weighted by Gasteiger charge is 2.26. The molecule has 0 saturated carbocycles. The number of aromatic amines is 1. The van der Waals surface area contributed by atoms with Crippen LogP contribution < -0.4 is 4.74 Å². The van der Waals surface area contributed by atoms with Crippen LogP contribution in [0.1, 0.15) is 48.8 Å². The molecule has 1 aliphatic heterocycles. The Kier molecular flexibility index (Phi) is 6.39. The van der Waals surface area contributed by atoms with Crippen LogP contribution in [0.5, 0.6) is 5.75 Å². The molecule has 6 heteroatoms. The summed E-state index contributed by atoms with van der Waals surface area (Å²) in [7, 11) is 0. The molecule has 0 spiro atoms. The van der Waals surface area contributed by atoms with Crippen molar-refractivity contribution in [2.45, 2.75) is 40.7 Å². The molecule has 0 fully saturated rings. The SMILES string of the molecule is CCOC(=O)c1c(C)[nH]c2ccc3c(c12)CN(CCCN(CC)CC)CO3. The quantitative estimate of drug-likeness (QED) is 0.717. The molecule has 1 aliphatic rings. The second kappa shape index (κ2) is 8.76. The highest BCUT2D eigenvalue weighted by Crippen LogP contribution is 2.35. The Bertz CT molecular complexity index is 796. The molecule has 0 radical (unpaired) electrons. The van der Waals surface area contributed by atoms with Gasteiger partial charge >= 0.3 is 5.97 Å². The number of nitrogens with zero attached hydrogens (tertiary/aromatic N) is 2. The van der Waals surface area contributed by atoms with Crippen LogP contribution in [0.15, 0.2) is 12.1 Å². The van der Waals surface area contributed by atoms with Crippen LogP contribution in [-0.2, 0) is 11.3 Å². The molecule has 27 heavy (non-hydrogen) atoms. The van der Waals surface area contributed by atoms with Crippen molar-refractivity contribution >= 4 is 16.9 Å². The first kappa shape index (κ1) is 19.7. The molecule has 1 aromatic carbocycles. The van der Waals surface area contributed by atoms with Gasteiger partial charge in [-0.1, -0.05) is 13.8 Å². The molecule has 3 rings (SSSR count). The van der Waals surface area contributed by atoms with Crippen LogP contribution in [0.3, 0.4) is 0 Å². The topological polar surface area (TPSA) is 57.8 Å². The number of benzene rings is 1. The average Bonchev–Trinajstić information content (AvgIpc) is 3.02. The first-order chi connectivity index (χ1) is 13.1. The van der Waals surface area contributed by atoms with E-state index in [1.165, 1.54) is 0 Å². The summed E-state index contributed by atoms with van der Waals surface area (Å²) in [4.78, 5) is 20.6. The van der Waals surface area contributed by atoms with Crippen LogP contribution in [0.2, 0.25) is 0 Å². The Morgan fingerprint density at radius 2 is 2.07 bits per heavy atom. The molecule has 0 unspecified atom stereocenters. The Morgan fingerprint density at radius 3 is 2.78 bits per heavy atom. The molecule has 0 amide bonds. The standard InChI is InChI=1S/C21H31N3O3/c1-5-23(6-2)11-8-12-24-13-16-18(27-14-24)10-9-17-20(16)19(15(4)22-17)21(25)26-7-3/h9-10,22H,5-8,11-14H2,1-4H3. The monoisotopic (exact) mass is 373 g/mol. The summed E-state index contributed by atoms with van der Waals surface area (Å²) >= 11 is 0. The molecule has 6 nitrogen and oxygen atoms in total. The van der Waals surface area contributed by atoms with E-state index >= 15 is 0 Å². The number of H-pyrrole nitrogens is 1. The largest absolute Gasteiger partial charge is 0.478 e. The van der Waals surface area contributed by atoms with E-state index in [4.69, 9.17) is 9.47 Å². The number of hydrogen-bond acceptors (Lipinski definition) is 5. The fourth-order valence-corrected chi connectivity index (χ4v) is 3.85. The van der Waals surface area contributed by atoms with E-state index in [-0.39, 0.29) is 5.97 Å². The molecule has 0 aliphatic carbocycles. The zero-order valence-corrected chi connectivity index (χ0v) is 16.9. The minimum Gasteiger partial charge on any atom is -0.478 e. The lowest BCUT2D eigenvalue weighted by atomic mass is 10.0. The average molecular weight is 373 g/mol. The molecule has 2 aromatic rings. The van der Waals surface area contributed by atoms with Crippen molar-refractivity contribution in [3.63, 3.8) is 0 Å². The lowest BCUT2D eigenvalue weighted by Crippen LogP contribution is -2.35. The van der Waals surface area contributed by atoms with Gasteiger partial charge in [-0.05, 0) is 52.0 Å². The van der Waals surface area contributed by atoms with Gasteiger partial charge in [0.05, 0.1) is 12.2 Å². The Labute approximate surface area is 161 Å². The van der Waals surface area contributed by atoms with E-state index in [2.05, 4.69) is 28.6 Å². The molecular formula is C21H31N3O3. The number of carbonyl (C=O) groups is 1. The van der Waals surface area contributed by atoms with Crippen molar-refractivity contribution in [2.75, 3.05) is 39.5 Å². The van der Waals surface area contributed by atoms with Crippen molar-refractivity contribution in [3.05, 3.63) is 29.0 Å². The van der Waals surface area contributed by atoms with Gasteiger partial charge < -0.3 is 19.4 Å². The zero-order valence-electron chi connectivity index (χ0n) is 16.9. The van der Waals surface area contributed by atoms with E-state index in [1.54, 1.807) is 0 Å². The third-order valence-corrected chi connectivity index (χ3v) is 5.32. The van der Waals surface area contributed by atoms with Gasteiger partial charge in [-0.25, -0.2) is 4.79 Å². The van der Waals surface area contributed by atoms with E-state index in [9.17, 15) is 4.79 Å². The number of aryl methyl sites for hydroxylation is 1. The Hall–Kier alpha value is -2.05. The van der Waals surface area contributed by atoms with Crippen molar-refractivity contribution < 1.29 is 14.3 Å². The van der Waals surface area contributed by atoms with Crippen molar-refractivity contribution in [1.82, 2.24) is 14.8 Å². The number of carbonyl (C=O) groups excluding carboxylic acids is 1. The normalized spacial score (nSPS) is 14.4. The van der Waals surface area contributed by atoms with Gasteiger partial charge in [0.25, 0.3) is 0 Å². The number of rotatable bonds is 8. The first-order valence-electron chi connectivity index (χ1n) is 9.97. The van der Waals surface area contributed by atoms with Gasteiger partial charge in [-0.3, -0.25) is 4.90 Å². The van der Waals surface area contributed by atoms with Crippen LogP contribution in [0.4, 0.5) is 0 Å². The zero-order chi connectivity index (χ0) is 19.4. The third-order valence-electron chi connectivity index (χ3n) is 5.32. The van der Waals surface area contributed by atoms with Gasteiger partial charge in [-0.15, -0.1) is 0 Å². The summed E-state index contributed by atoms with van der Waals surface area (Å²) in [6, 6.07) is 3.98. The van der Waals surface area contributed by atoms with Crippen LogP contribution in [0.25, 0.3) is 10.9 Å². The summed E-state index contributed by atoms with van der Waals surface area (Å²) in [6.07, 6.45) is 1.10. The maximum atomic E-state index is 12.5. The molecule has 1 N–H and O–H groups in total. The summed E-state index contributed by atoms with van der Waals surface area (Å²) in [5.74, 6) is 0.598. The summed E-state index contributed by atoms with van der Waals surface area (Å²) < 4.78 is 11.3. The number of aromatic nitrogens is 1. The van der Waals surface area contributed by atoms with Gasteiger partial charge in [0.15, 0.2) is 0 Å². The van der Waals surface area contributed by atoms with Crippen molar-refractivity contribution in [2.24, 2.45) is 0 Å². The predicted molar refractivity (Wildman–Crippen MR) is 107 cm³/mol. The van der Waals surface area contributed by atoms with Gasteiger partial charge in [0, 0.05) is 35.2 Å². The lowest BCUT2D eigenvalue weighted by molar-refractivity contribution is 0.0527. The number of hydrogen-bond donors (Lipinski definition) is 1. The molecule has 0 saturated heterocycles. The summed E-state index contributed by atoms with van der Waals surface area (Å²) in [6.45, 7) is 14.1. The summed E-state index contributed by atoms with van der Waals surface area (Å²) in [5, 5.41) is 0.942. The highest BCUT2D eigenvalue weighted by molar-refractivity contribution is 6.07. The van der Waals surface area contributed by atoms with Gasteiger partial charge in [0.2, 0.25) is 0 Å². The molecular weight excluding hydrogens is 342 g/mol. The highest BCUT2D eigenvalue weighted by atomic mass is 16.5. The number of nitrogens with one attached hydrogen (secondary N) is 1. The third kappa shape index (κ3) is 4.12. The number of esters is 1. The Balaban J connectivity index is 1.83. The lowest BCUT2D eigenvalue weighted by Gasteiger charge is -2.30. The number of fused-ring (bicyclic) bond motifs is 3. The van der Waals surface area contributed by atoms with E-state index in [1.807, 2.05) is 26.0 Å². The summed E-state index contributed by atoms with van der Waals surface area (Å²) in [5.41, 5.74) is 3.52. The van der Waals surface area contributed by atoms with Crippen LogP contribution in [-0.4, -0.2) is 60.3 Å². The minimum absolute atomic E-state index is 0.270. The number of ether oxygens (including phenoxy) is 2. The smallest absolute Gasteiger partial charge is 0.340 e. The van der Waals surface area contributed by atoms with Crippen molar-refractivity contribution in [1.29, 1.82) is 0 Å². The van der Waals surface area contributed by atoms with Crippen LogP contribution >= 0.6 is 0 Å². The van der Waals surface area contributed by atoms with E-state index in [0.29, 0.717) is 18.9 Å². The Morgan fingerprint density at radius 1 is 1.30 bits per heavy atom. The first-order valence-corrected chi connectivity index (χ1v) is 9.97. The molecule has 2 heterocycles.